The van der Waals surface area contributed by atoms with Crippen molar-refractivity contribution in [2.24, 2.45) is 0 Å². The fraction of sp³-hybridized carbons (Fsp3) is 0.600. The van der Waals surface area contributed by atoms with Gasteiger partial charge in [-0.05, 0) is 45.6 Å². The molecule has 2 unspecified atom stereocenters. The van der Waals surface area contributed by atoms with Gasteiger partial charge in [-0.25, -0.2) is 8.78 Å². The van der Waals surface area contributed by atoms with Gasteiger partial charge in [0.05, 0.1) is 11.7 Å². The smallest absolute Gasteiger partial charge is 0.131 e. The van der Waals surface area contributed by atoms with Crippen LogP contribution in [0.25, 0.3) is 0 Å². The zero-order chi connectivity index (χ0) is 14.7. The number of hydrogen-bond acceptors (Lipinski definition) is 3. The maximum atomic E-state index is 13.6. The first-order valence-electron chi connectivity index (χ1n) is 6.99. The van der Waals surface area contributed by atoms with Crippen LogP contribution in [-0.2, 0) is 0 Å². The van der Waals surface area contributed by atoms with Crippen molar-refractivity contribution in [1.29, 1.82) is 0 Å². The average Bonchev–Trinajstić information content (AvgIpc) is 2.38. The summed E-state index contributed by atoms with van der Waals surface area (Å²) < 4.78 is 27.3. The zero-order valence-electron chi connectivity index (χ0n) is 12.0. The molecule has 1 aliphatic rings. The number of piperidine rings is 1. The van der Waals surface area contributed by atoms with Crippen LogP contribution in [0, 0.1) is 11.6 Å². The highest BCUT2D eigenvalue weighted by Gasteiger charge is 2.25. The Labute approximate surface area is 118 Å². The minimum atomic E-state index is -1.13. The molecular formula is C15H22F2N2O. The molecule has 0 aromatic heterocycles. The molecule has 2 atom stereocenters. The lowest BCUT2D eigenvalue weighted by Crippen LogP contribution is -2.46. The molecule has 3 nitrogen and oxygen atoms in total. The van der Waals surface area contributed by atoms with Crippen LogP contribution in [0.15, 0.2) is 18.2 Å². The summed E-state index contributed by atoms with van der Waals surface area (Å²) in [4.78, 5) is 4.23. The lowest BCUT2D eigenvalue weighted by molar-refractivity contribution is 0.0687. The monoisotopic (exact) mass is 284 g/mol. The van der Waals surface area contributed by atoms with E-state index in [1.54, 1.807) is 0 Å². The SMILES string of the molecule is CN(C)C1CCCN(CC(O)c2c(F)cccc2F)C1. The third-order valence-corrected chi connectivity index (χ3v) is 3.98. The summed E-state index contributed by atoms with van der Waals surface area (Å²) in [7, 11) is 4.06. The molecule has 5 heteroatoms. The van der Waals surface area contributed by atoms with Crippen LogP contribution >= 0.6 is 0 Å². The van der Waals surface area contributed by atoms with E-state index in [0.717, 1.165) is 25.9 Å². The van der Waals surface area contributed by atoms with Gasteiger partial charge in [0.1, 0.15) is 11.6 Å². The summed E-state index contributed by atoms with van der Waals surface area (Å²) in [6.07, 6.45) is 1.03. The first kappa shape index (κ1) is 15.4. The summed E-state index contributed by atoms with van der Waals surface area (Å²) in [6.45, 7) is 1.94. The molecule has 2 rings (SSSR count). The molecule has 1 fully saturated rings. The minimum Gasteiger partial charge on any atom is -0.387 e. The summed E-state index contributed by atoms with van der Waals surface area (Å²) in [5, 5.41) is 10.1. The molecule has 0 bridgehead atoms. The Kier molecular flexibility index (Phi) is 5.07. The van der Waals surface area contributed by atoms with Gasteiger partial charge < -0.3 is 10.0 Å². The number of likely N-dealkylation sites (N-methyl/N-ethyl adjacent to an activating group) is 1. The molecule has 0 saturated carbocycles. The minimum absolute atomic E-state index is 0.223. The summed E-state index contributed by atoms with van der Waals surface area (Å²) >= 11 is 0. The van der Waals surface area contributed by atoms with E-state index in [2.05, 4.69) is 9.80 Å². The van der Waals surface area contributed by atoms with Crippen molar-refractivity contribution < 1.29 is 13.9 Å². The number of benzene rings is 1. The molecule has 20 heavy (non-hydrogen) atoms. The van der Waals surface area contributed by atoms with Crippen molar-refractivity contribution in [3.63, 3.8) is 0 Å². The van der Waals surface area contributed by atoms with Gasteiger partial charge in [0.15, 0.2) is 0 Å². The van der Waals surface area contributed by atoms with Crippen LogP contribution in [-0.4, -0.2) is 54.7 Å². The van der Waals surface area contributed by atoms with Gasteiger partial charge in [0, 0.05) is 19.1 Å². The maximum Gasteiger partial charge on any atom is 0.131 e. The van der Waals surface area contributed by atoms with E-state index in [4.69, 9.17) is 0 Å². The number of aliphatic hydroxyl groups excluding tert-OH is 1. The van der Waals surface area contributed by atoms with Crippen molar-refractivity contribution in [1.82, 2.24) is 9.80 Å². The third kappa shape index (κ3) is 3.53. The standard InChI is InChI=1S/C15H22F2N2O/c1-18(2)11-5-4-8-19(9-11)10-14(20)15-12(16)6-3-7-13(15)17/h3,6-7,11,14,20H,4-5,8-10H2,1-2H3. The van der Waals surface area contributed by atoms with E-state index in [-0.39, 0.29) is 12.1 Å². The highest BCUT2D eigenvalue weighted by molar-refractivity contribution is 5.22. The van der Waals surface area contributed by atoms with Gasteiger partial charge in [0.25, 0.3) is 0 Å². The molecular weight excluding hydrogens is 262 g/mol. The van der Waals surface area contributed by atoms with Crippen LogP contribution < -0.4 is 0 Å². The molecule has 1 aliphatic heterocycles. The Bertz CT molecular complexity index is 433. The van der Waals surface area contributed by atoms with Gasteiger partial charge in [-0.2, -0.15) is 0 Å². The number of nitrogens with zero attached hydrogens (tertiary/aromatic N) is 2. The largest absolute Gasteiger partial charge is 0.387 e. The molecule has 112 valence electrons. The van der Waals surface area contributed by atoms with Crippen LogP contribution in [0.1, 0.15) is 24.5 Å². The lowest BCUT2D eigenvalue weighted by Gasteiger charge is -2.37. The summed E-state index contributed by atoms with van der Waals surface area (Å²) in [6, 6.07) is 4.10. The number of rotatable bonds is 4. The maximum absolute atomic E-state index is 13.6. The van der Waals surface area contributed by atoms with Crippen molar-refractivity contribution in [2.75, 3.05) is 33.7 Å². The van der Waals surface area contributed by atoms with Gasteiger partial charge in [-0.1, -0.05) is 6.07 Å². The number of aliphatic hydroxyl groups is 1. The van der Waals surface area contributed by atoms with E-state index < -0.39 is 17.7 Å². The number of likely N-dealkylation sites (tertiary alicyclic amines) is 1. The first-order valence-corrected chi connectivity index (χ1v) is 6.99. The predicted molar refractivity (Wildman–Crippen MR) is 74.5 cm³/mol. The molecule has 0 radical (unpaired) electrons. The molecule has 0 aliphatic carbocycles. The van der Waals surface area contributed by atoms with E-state index >= 15 is 0 Å². The highest BCUT2D eigenvalue weighted by atomic mass is 19.1. The highest BCUT2D eigenvalue weighted by Crippen LogP contribution is 2.23. The number of β-amino-alcohol motifs (C(OH)–C–C–N with tert-alkyl or cyclic N) is 1. The van der Waals surface area contributed by atoms with E-state index in [1.807, 2.05) is 14.1 Å². The quantitative estimate of drug-likeness (QED) is 0.916. The zero-order valence-corrected chi connectivity index (χ0v) is 12.0. The Morgan fingerprint density at radius 1 is 1.35 bits per heavy atom. The Balaban J connectivity index is 2.02. The molecule has 1 N–H and O–H groups in total. The molecule has 1 heterocycles. The van der Waals surface area contributed by atoms with Crippen molar-refractivity contribution in [3.05, 3.63) is 35.4 Å². The molecule has 0 spiro atoms. The second-order valence-corrected chi connectivity index (χ2v) is 5.67. The first-order chi connectivity index (χ1) is 9.49. The van der Waals surface area contributed by atoms with Gasteiger partial charge >= 0.3 is 0 Å². The molecule has 1 aromatic carbocycles. The number of halogens is 2. The third-order valence-electron chi connectivity index (χ3n) is 3.98. The Morgan fingerprint density at radius 2 is 2.00 bits per heavy atom. The van der Waals surface area contributed by atoms with Crippen LogP contribution in [0.5, 0.6) is 0 Å². The van der Waals surface area contributed by atoms with E-state index in [9.17, 15) is 13.9 Å². The lowest BCUT2D eigenvalue weighted by atomic mass is 10.0. The Hall–Kier alpha value is -1.04. The summed E-state index contributed by atoms with van der Waals surface area (Å²) in [5.74, 6) is -1.36. The van der Waals surface area contributed by atoms with Crippen LogP contribution in [0.3, 0.4) is 0 Å². The fourth-order valence-electron chi connectivity index (χ4n) is 2.78. The second-order valence-electron chi connectivity index (χ2n) is 5.67. The summed E-state index contributed by atoms with van der Waals surface area (Å²) in [5.41, 5.74) is -0.223. The average molecular weight is 284 g/mol. The van der Waals surface area contributed by atoms with Gasteiger partial charge in [-0.15, -0.1) is 0 Å². The van der Waals surface area contributed by atoms with Gasteiger partial charge in [-0.3, -0.25) is 4.90 Å². The number of hydrogen-bond donors (Lipinski definition) is 1. The second kappa shape index (κ2) is 6.61. The van der Waals surface area contributed by atoms with Gasteiger partial charge in [0.2, 0.25) is 0 Å². The molecule has 1 aromatic rings. The molecule has 1 saturated heterocycles. The van der Waals surface area contributed by atoms with Crippen molar-refractivity contribution in [3.8, 4) is 0 Å². The van der Waals surface area contributed by atoms with Crippen LogP contribution in [0.4, 0.5) is 8.78 Å². The van der Waals surface area contributed by atoms with E-state index in [1.165, 1.54) is 18.2 Å². The topological polar surface area (TPSA) is 26.7 Å². The van der Waals surface area contributed by atoms with Crippen LogP contribution in [0.2, 0.25) is 0 Å². The normalized spacial score (nSPS) is 22.2. The van der Waals surface area contributed by atoms with Crippen molar-refractivity contribution >= 4 is 0 Å². The predicted octanol–water partition coefficient (Wildman–Crippen LogP) is 2.02. The van der Waals surface area contributed by atoms with Crippen molar-refractivity contribution in [2.45, 2.75) is 25.0 Å². The fourth-order valence-corrected chi connectivity index (χ4v) is 2.78. The Morgan fingerprint density at radius 3 is 2.60 bits per heavy atom. The molecule has 0 amide bonds. The van der Waals surface area contributed by atoms with E-state index in [0.29, 0.717) is 6.04 Å².